The first-order valence-electron chi connectivity index (χ1n) is 8.78. The Morgan fingerprint density at radius 3 is 2.76 bits per heavy atom. The Bertz CT molecular complexity index is 595. The molecule has 25 heavy (non-hydrogen) atoms. The summed E-state index contributed by atoms with van der Waals surface area (Å²) < 4.78 is 10.9. The molecule has 6 nitrogen and oxygen atoms in total. The molecule has 1 aromatic rings. The van der Waals surface area contributed by atoms with E-state index in [-0.39, 0.29) is 5.91 Å². The maximum Gasteiger partial charge on any atom is 0.407 e. The van der Waals surface area contributed by atoms with Gasteiger partial charge < -0.3 is 20.1 Å². The number of hydrogen-bond acceptors (Lipinski definition) is 4. The fourth-order valence-electron chi connectivity index (χ4n) is 2.62. The second kappa shape index (κ2) is 8.74. The number of amides is 2. The van der Waals surface area contributed by atoms with E-state index in [1.165, 1.54) is 5.56 Å². The number of para-hydroxylation sites is 1. The number of carbonyl (C=O) groups is 2. The number of rotatable bonds is 6. The molecule has 0 aliphatic carbocycles. The largest absolute Gasteiger partial charge is 0.493 e. The molecule has 6 heteroatoms. The number of fused-ring (bicyclic) bond motifs is 1. The molecule has 1 heterocycles. The van der Waals surface area contributed by atoms with Crippen LogP contribution in [0.5, 0.6) is 5.75 Å². The van der Waals surface area contributed by atoms with Gasteiger partial charge in [0.15, 0.2) is 0 Å². The van der Waals surface area contributed by atoms with Crippen molar-refractivity contribution < 1.29 is 19.1 Å². The second-order valence-electron chi connectivity index (χ2n) is 7.33. The van der Waals surface area contributed by atoms with Gasteiger partial charge in [0.25, 0.3) is 0 Å². The van der Waals surface area contributed by atoms with E-state index in [1.54, 1.807) is 0 Å². The molecule has 2 amide bonds. The minimum absolute atomic E-state index is 0.00940. The molecule has 0 saturated carbocycles. The number of hydrogen-bond donors (Lipinski definition) is 2. The Morgan fingerprint density at radius 2 is 2.00 bits per heavy atom. The maximum absolute atomic E-state index is 11.9. The SMILES string of the molecule is CC(C)(C)OC(=O)NCCCC(=O)NCC1COc2ccccc2C1. The van der Waals surface area contributed by atoms with Gasteiger partial charge in [-0.25, -0.2) is 4.79 Å². The Morgan fingerprint density at radius 1 is 1.24 bits per heavy atom. The summed E-state index contributed by atoms with van der Waals surface area (Å²) in [6.07, 6.45) is 1.41. The summed E-state index contributed by atoms with van der Waals surface area (Å²) >= 11 is 0. The molecule has 0 spiro atoms. The predicted molar refractivity (Wildman–Crippen MR) is 95.6 cm³/mol. The minimum atomic E-state index is -0.512. The number of carbonyl (C=O) groups excluding carboxylic acids is 2. The van der Waals surface area contributed by atoms with Gasteiger partial charge >= 0.3 is 6.09 Å². The zero-order valence-corrected chi connectivity index (χ0v) is 15.3. The number of ether oxygens (including phenoxy) is 2. The van der Waals surface area contributed by atoms with Crippen LogP contribution in [0, 0.1) is 5.92 Å². The fraction of sp³-hybridized carbons (Fsp3) is 0.579. The van der Waals surface area contributed by atoms with E-state index in [1.807, 2.05) is 39.0 Å². The molecule has 2 rings (SSSR count). The average Bonchev–Trinajstić information content (AvgIpc) is 2.55. The predicted octanol–water partition coefficient (Wildman–Crippen LogP) is 2.66. The summed E-state index contributed by atoms with van der Waals surface area (Å²) in [5.41, 5.74) is 0.678. The summed E-state index contributed by atoms with van der Waals surface area (Å²) in [7, 11) is 0. The molecular weight excluding hydrogens is 320 g/mol. The molecule has 2 N–H and O–H groups in total. The third-order valence-corrected chi connectivity index (χ3v) is 3.79. The second-order valence-corrected chi connectivity index (χ2v) is 7.33. The topological polar surface area (TPSA) is 76.7 Å². The molecule has 0 saturated heterocycles. The summed E-state index contributed by atoms with van der Waals surface area (Å²) in [5.74, 6) is 1.22. The third kappa shape index (κ3) is 7.03. The number of nitrogens with one attached hydrogen (secondary N) is 2. The van der Waals surface area contributed by atoms with Crippen molar-refractivity contribution in [2.24, 2.45) is 5.92 Å². The van der Waals surface area contributed by atoms with E-state index in [0.29, 0.717) is 38.5 Å². The third-order valence-electron chi connectivity index (χ3n) is 3.79. The smallest absolute Gasteiger partial charge is 0.407 e. The van der Waals surface area contributed by atoms with Gasteiger partial charge in [-0.1, -0.05) is 18.2 Å². The van der Waals surface area contributed by atoms with Crippen LogP contribution >= 0.6 is 0 Å². The lowest BCUT2D eigenvalue weighted by Gasteiger charge is -2.25. The summed E-state index contributed by atoms with van der Waals surface area (Å²) in [5, 5.41) is 5.60. The Hall–Kier alpha value is -2.24. The van der Waals surface area contributed by atoms with Crippen LogP contribution in [-0.4, -0.2) is 37.3 Å². The van der Waals surface area contributed by atoms with Gasteiger partial charge in [-0.05, 0) is 45.2 Å². The van der Waals surface area contributed by atoms with Crippen LogP contribution < -0.4 is 15.4 Å². The Kier molecular flexibility index (Phi) is 6.67. The van der Waals surface area contributed by atoms with E-state index in [0.717, 1.165) is 12.2 Å². The quantitative estimate of drug-likeness (QED) is 0.775. The zero-order chi connectivity index (χ0) is 18.3. The highest BCUT2D eigenvalue weighted by atomic mass is 16.6. The van der Waals surface area contributed by atoms with Crippen molar-refractivity contribution >= 4 is 12.0 Å². The van der Waals surface area contributed by atoms with Crippen LogP contribution in [-0.2, 0) is 16.0 Å². The van der Waals surface area contributed by atoms with E-state index < -0.39 is 11.7 Å². The van der Waals surface area contributed by atoms with Gasteiger partial charge in [-0.3, -0.25) is 4.79 Å². The Labute approximate surface area is 149 Å². The van der Waals surface area contributed by atoms with Crippen LogP contribution in [0.4, 0.5) is 4.79 Å². The van der Waals surface area contributed by atoms with E-state index in [4.69, 9.17) is 9.47 Å². The van der Waals surface area contributed by atoms with Crippen molar-refractivity contribution in [3.05, 3.63) is 29.8 Å². The van der Waals surface area contributed by atoms with Crippen LogP contribution in [0.25, 0.3) is 0 Å². The molecule has 1 atom stereocenters. The highest BCUT2D eigenvalue weighted by molar-refractivity contribution is 5.76. The lowest BCUT2D eigenvalue weighted by atomic mass is 9.97. The van der Waals surface area contributed by atoms with E-state index >= 15 is 0 Å². The molecule has 0 fully saturated rings. The summed E-state index contributed by atoms with van der Waals surface area (Å²) in [6.45, 7) is 7.08. The standard InChI is InChI=1S/C19H28N2O4/c1-19(2,3)25-18(23)20-10-6-9-17(22)21-12-14-11-15-7-4-5-8-16(15)24-13-14/h4-5,7-8,14H,6,9-13H2,1-3H3,(H,20,23)(H,21,22). The normalized spacial score (nSPS) is 16.4. The maximum atomic E-state index is 11.9. The molecule has 0 bridgehead atoms. The summed E-state index contributed by atoms with van der Waals surface area (Å²) in [6, 6.07) is 8.00. The molecule has 138 valence electrons. The van der Waals surface area contributed by atoms with Gasteiger partial charge in [-0.2, -0.15) is 0 Å². The highest BCUT2D eigenvalue weighted by Crippen LogP contribution is 2.26. The average molecular weight is 348 g/mol. The van der Waals surface area contributed by atoms with Crippen molar-refractivity contribution in [2.75, 3.05) is 19.7 Å². The Balaban J connectivity index is 1.58. The van der Waals surface area contributed by atoms with E-state index in [9.17, 15) is 9.59 Å². The first kappa shape index (κ1) is 19.1. The first-order valence-corrected chi connectivity index (χ1v) is 8.78. The van der Waals surface area contributed by atoms with Crippen LogP contribution in [0.3, 0.4) is 0 Å². The molecule has 1 aliphatic rings. The van der Waals surface area contributed by atoms with Crippen LogP contribution in [0.1, 0.15) is 39.2 Å². The highest BCUT2D eigenvalue weighted by Gasteiger charge is 2.20. The van der Waals surface area contributed by atoms with Crippen molar-refractivity contribution in [2.45, 2.75) is 45.6 Å². The lowest BCUT2D eigenvalue weighted by molar-refractivity contribution is -0.121. The fourth-order valence-corrected chi connectivity index (χ4v) is 2.62. The van der Waals surface area contributed by atoms with Crippen molar-refractivity contribution in [3.63, 3.8) is 0 Å². The molecule has 0 radical (unpaired) electrons. The monoisotopic (exact) mass is 348 g/mol. The van der Waals surface area contributed by atoms with Crippen LogP contribution in [0.2, 0.25) is 0 Å². The lowest BCUT2D eigenvalue weighted by Crippen LogP contribution is -2.35. The number of benzene rings is 1. The molecule has 1 unspecified atom stereocenters. The van der Waals surface area contributed by atoms with Gasteiger partial charge in [0.05, 0.1) is 6.61 Å². The first-order chi connectivity index (χ1) is 11.8. The van der Waals surface area contributed by atoms with Gasteiger partial charge in [-0.15, -0.1) is 0 Å². The molecule has 1 aliphatic heterocycles. The van der Waals surface area contributed by atoms with Crippen molar-refractivity contribution in [3.8, 4) is 5.75 Å². The molecule has 0 aromatic heterocycles. The van der Waals surface area contributed by atoms with Gasteiger partial charge in [0.1, 0.15) is 11.4 Å². The number of alkyl carbamates (subject to hydrolysis) is 1. The summed E-state index contributed by atoms with van der Waals surface area (Å²) in [4.78, 5) is 23.4. The minimum Gasteiger partial charge on any atom is -0.493 e. The van der Waals surface area contributed by atoms with Gasteiger partial charge in [0, 0.05) is 25.4 Å². The van der Waals surface area contributed by atoms with Gasteiger partial charge in [0.2, 0.25) is 5.91 Å². The van der Waals surface area contributed by atoms with Crippen molar-refractivity contribution in [1.29, 1.82) is 0 Å². The molecule has 1 aromatic carbocycles. The zero-order valence-electron chi connectivity index (χ0n) is 15.3. The van der Waals surface area contributed by atoms with Crippen molar-refractivity contribution in [1.82, 2.24) is 10.6 Å². The van der Waals surface area contributed by atoms with E-state index in [2.05, 4.69) is 16.7 Å². The molecular formula is C19H28N2O4. The van der Waals surface area contributed by atoms with Crippen LogP contribution in [0.15, 0.2) is 24.3 Å².